The van der Waals surface area contributed by atoms with Crippen LogP contribution in [-0.4, -0.2) is 34.0 Å². The highest BCUT2D eigenvalue weighted by atomic mass is 16.5. The Bertz CT molecular complexity index is 416. The molecule has 2 unspecified atom stereocenters. The summed E-state index contributed by atoms with van der Waals surface area (Å²) >= 11 is 0. The minimum atomic E-state index is -0.504. The maximum Gasteiger partial charge on any atom is 0.252 e. The number of hydrogen-bond donors (Lipinski definition) is 1. The molecule has 1 aliphatic rings. The Morgan fingerprint density at radius 3 is 3.00 bits per heavy atom. The molecule has 1 aliphatic heterocycles. The summed E-state index contributed by atoms with van der Waals surface area (Å²) < 4.78 is 4.66. The Labute approximate surface area is 98.9 Å². The zero-order valence-electron chi connectivity index (χ0n) is 9.84. The van der Waals surface area contributed by atoms with E-state index in [9.17, 15) is 9.59 Å². The van der Waals surface area contributed by atoms with Gasteiger partial charge in [-0.1, -0.05) is 12.1 Å². The molecule has 1 aromatic heterocycles. The van der Waals surface area contributed by atoms with E-state index in [0.717, 1.165) is 6.42 Å². The molecule has 1 saturated heterocycles. The van der Waals surface area contributed by atoms with Crippen molar-refractivity contribution in [1.29, 1.82) is 0 Å². The molecule has 0 aromatic carbocycles. The second-order valence-corrected chi connectivity index (χ2v) is 4.17. The summed E-state index contributed by atoms with van der Waals surface area (Å²) in [6.45, 7) is 3.82. The molecule has 2 rings (SSSR count). The summed E-state index contributed by atoms with van der Waals surface area (Å²) in [5.41, 5.74) is 0.613. The Morgan fingerprint density at radius 1 is 1.65 bits per heavy atom. The number of anilines is 1. The third-order valence-corrected chi connectivity index (χ3v) is 2.99. The molecule has 17 heavy (non-hydrogen) atoms. The topological polar surface area (TPSA) is 75.4 Å². The molecule has 1 N–H and O–H groups in total. The second kappa shape index (κ2) is 4.57. The summed E-state index contributed by atoms with van der Waals surface area (Å²) in [5, 5.41) is 6.47. The van der Waals surface area contributed by atoms with E-state index in [2.05, 4.69) is 15.0 Å². The number of amides is 2. The van der Waals surface area contributed by atoms with E-state index in [1.54, 1.807) is 0 Å². The van der Waals surface area contributed by atoms with Crippen LogP contribution in [0.5, 0.6) is 0 Å². The minimum Gasteiger partial charge on any atom is -0.369 e. The fourth-order valence-electron chi connectivity index (χ4n) is 1.89. The molecular formula is C11H15N3O3. The maximum absolute atomic E-state index is 12.0. The Hall–Kier alpha value is -1.85. The van der Waals surface area contributed by atoms with Gasteiger partial charge in [0.25, 0.3) is 5.91 Å². The van der Waals surface area contributed by atoms with Crippen molar-refractivity contribution in [1.82, 2.24) is 10.1 Å². The van der Waals surface area contributed by atoms with E-state index in [4.69, 9.17) is 0 Å². The average Bonchev–Trinajstić information content (AvgIpc) is 2.89. The molecule has 0 bridgehead atoms. The van der Waals surface area contributed by atoms with Gasteiger partial charge in [-0.25, -0.2) is 0 Å². The summed E-state index contributed by atoms with van der Waals surface area (Å²) in [6.07, 6.45) is 3.83. The van der Waals surface area contributed by atoms with Gasteiger partial charge < -0.3 is 9.84 Å². The van der Waals surface area contributed by atoms with Crippen LogP contribution < -0.4 is 5.32 Å². The van der Waals surface area contributed by atoms with Crippen molar-refractivity contribution in [2.45, 2.75) is 38.8 Å². The van der Waals surface area contributed by atoms with Crippen molar-refractivity contribution >= 4 is 17.5 Å². The van der Waals surface area contributed by atoms with E-state index >= 15 is 0 Å². The zero-order chi connectivity index (χ0) is 12.4. The smallest absolute Gasteiger partial charge is 0.252 e. The predicted molar refractivity (Wildman–Crippen MR) is 60.1 cm³/mol. The first-order valence-electron chi connectivity index (χ1n) is 5.65. The number of carbonyl (C=O) groups excluding carboxylic acids is 2. The van der Waals surface area contributed by atoms with Gasteiger partial charge in [0.2, 0.25) is 5.91 Å². The van der Waals surface area contributed by atoms with Gasteiger partial charge in [0.15, 0.2) is 0 Å². The van der Waals surface area contributed by atoms with E-state index in [1.807, 2.05) is 13.8 Å². The van der Waals surface area contributed by atoms with Crippen molar-refractivity contribution in [3.05, 3.63) is 12.5 Å². The molecule has 6 heteroatoms. The van der Waals surface area contributed by atoms with E-state index in [-0.39, 0.29) is 24.3 Å². The maximum atomic E-state index is 12.0. The van der Waals surface area contributed by atoms with Gasteiger partial charge in [0, 0.05) is 6.04 Å². The van der Waals surface area contributed by atoms with E-state index < -0.39 is 6.04 Å². The molecule has 2 amide bonds. The standard InChI is InChI=1S/C11H15N3O3/c1-3-7(2)14-10(15)4-9(11(14)16)13-8-5-12-17-6-8/h5-7,9,13H,3-4H2,1-2H3. The van der Waals surface area contributed by atoms with Gasteiger partial charge in [-0.05, 0) is 13.3 Å². The van der Waals surface area contributed by atoms with Crippen molar-refractivity contribution in [3.8, 4) is 0 Å². The van der Waals surface area contributed by atoms with Crippen LogP contribution >= 0.6 is 0 Å². The summed E-state index contributed by atoms with van der Waals surface area (Å²) in [5.74, 6) is -0.302. The van der Waals surface area contributed by atoms with Crippen LogP contribution in [0.15, 0.2) is 17.0 Å². The second-order valence-electron chi connectivity index (χ2n) is 4.17. The number of nitrogens with zero attached hydrogens (tertiary/aromatic N) is 2. The van der Waals surface area contributed by atoms with Crippen LogP contribution in [0, 0.1) is 0 Å². The lowest BCUT2D eigenvalue weighted by Crippen LogP contribution is -2.40. The van der Waals surface area contributed by atoms with E-state index in [0.29, 0.717) is 5.69 Å². The highest BCUT2D eigenvalue weighted by Gasteiger charge is 2.40. The van der Waals surface area contributed by atoms with E-state index in [1.165, 1.54) is 17.4 Å². The van der Waals surface area contributed by atoms with Gasteiger partial charge in [0.05, 0.1) is 18.3 Å². The summed E-state index contributed by atoms with van der Waals surface area (Å²) in [6, 6.07) is -0.555. The lowest BCUT2D eigenvalue weighted by molar-refractivity contribution is -0.140. The Morgan fingerprint density at radius 2 is 2.41 bits per heavy atom. The fraction of sp³-hybridized carbons (Fsp3) is 0.545. The number of hydrogen-bond acceptors (Lipinski definition) is 5. The molecule has 0 radical (unpaired) electrons. The molecule has 0 aliphatic carbocycles. The monoisotopic (exact) mass is 237 g/mol. The van der Waals surface area contributed by atoms with Crippen molar-refractivity contribution in [2.24, 2.45) is 0 Å². The summed E-state index contributed by atoms with van der Waals surface area (Å²) in [7, 11) is 0. The van der Waals surface area contributed by atoms with Crippen LogP contribution in [0.25, 0.3) is 0 Å². The molecule has 6 nitrogen and oxygen atoms in total. The number of rotatable bonds is 4. The first-order valence-corrected chi connectivity index (χ1v) is 5.65. The molecule has 92 valence electrons. The van der Waals surface area contributed by atoms with Gasteiger partial charge >= 0.3 is 0 Å². The van der Waals surface area contributed by atoms with Gasteiger partial charge in [-0.3, -0.25) is 14.5 Å². The summed E-state index contributed by atoms with van der Waals surface area (Å²) in [4.78, 5) is 25.1. The predicted octanol–water partition coefficient (Wildman–Crippen LogP) is 1.01. The molecule has 0 spiro atoms. The number of carbonyl (C=O) groups is 2. The lowest BCUT2D eigenvalue weighted by Gasteiger charge is -2.21. The minimum absolute atomic E-state index is 0.0516. The third kappa shape index (κ3) is 2.15. The number of likely N-dealkylation sites (tertiary alicyclic amines) is 1. The van der Waals surface area contributed by atoms with Crippen molar-refractivity contribution in [3.63, 3.8) is 0 Å². The van der Waals surface area contributed by atoms with Crippen LogP contribution in [0.3, 0.4) is 0 Å². The average molecular weight is 237 g/mol. The molecule has 2 heterocycles. The van der Waals surface area contributed by atoms with Crippen LogP contribution in [0.4, 0.5) is 5.69 Å². The lowest BCUT2D eigenvalue weighted by atomic mass is 10.2. The highest BCUT2D eigenvalue weighted by Crippen LogP contribution is 2.21. The first kappa shape index (κ1) is 11.6. The fourth-order valence-corrected chi connectivity index (χ4v) is 1.89. The molecule has 1 fully saturated rings. The zero-order valence-corrected chi connectivity index (χ0v) is 9.84. The highest BCUT2D eigenvalue weighted by molar-refractivity contribution is 6.07. The van der Waals surface area contributed by atoms with Gasteiger partial charge in [0.1, 0.15) is 12.3 Å². The largest absolute Gasteiger partial charge is 0.369 e. The first-order chi connectivity index (χ1) is 8.13. The molecular weight excluding hydrogens is 222 g/mol. The molecule has 1 aromatic rings. The van der Waals surface area contributed by atoms with Gasteiger partial charge in [-0.15, -0.1) is 0 Å². The van der Waals surface area contributed by atoms with Crippen molar-refractivity contribution in [2.75, 3.05) is 5.32 Å². The van der Waals surface area contributed by atoms with Crippen LogP contribution in [-0.2, 0) is 9.59 Å². The molecule has 0 saturated carbocycles. The van der Waals surface area contributed by atoms with Gasteiger partial charge in [-0.2, -0.15) is 0 Å². The number of aromatic nitrogens is 1. The number of imide groups is 1. The Balaban J connectivity index is 2.08. The quantitative estimate of drug-likeness (QED) is 0.791. The van der Waals surface area contributed by atoms with Crippen LogP contribution in [0.2, 0.25) is 0 Å². The third-order valence-electron chi connectivity index (χ3n) is 2.99. The number of nitrogens with one attached hydrogen (secondary N) is 1. The SMILES string of the molecule is CCC(C)N1C(=O)CC(Nc2cnoc2)C1=O. The molecule has 2 atom stereocenters. The van der Waals surface area contributed by atoms with Crippen LogP contribution in [0.1, 0.15) is 26.7 Å². The normalized spacial score (nSPS) is 22.0. The van der Waals surface area contributed by atoms with Crippen molar-refractivity contribution < 1.29 is 14.1 Å². The Kier molecular flexibility index (Phi) is 3.12.